The van der Waals surface area contributed by atoms with Crippen molar-refractivity contribution in [3.63, 3.8) is 0 Å². The van der Waals surface area contributed by atoms with Gasteiger partial charge in [0.25, 0.3) is 5.91 Å². The number of hydrogen-bond acceptors (Lipinski definition) is 3. The quantitative estimate of drug-likeness (QED) is 0.638. The van der Waals surface area contributed by atoms with Gasteiger partial charge in [0.05, 0.1) is 0 Å². The van der Waals surface area contributed by atoms with Gasteiger partial charge in [0.15, 0.2) is 0 Å². The van der Waals surface area contributed by atoms with Crippen molar-refractivity contribution in [3.05, 3.63) is 29.6 Å². The largest absolute Gasteiger partial charge is 0.491 e. The number of nitrogens with one attached hydrogen (secondary N) is 1. The minimum Gasteiger partial charge on any atom is -0.423 e. The Labute approximate surface area is 99.6 Å². The van der Waals surface area contributed by atoms with E-state index in [9.17, 15) is 9.18 Å². The van der Waals surface area contributed by atoms with Gasteiger partial charge in [-0.1, -0.05) is 0 Å². The van der Waals surface area contributed by atoms with Gasteiger partial charge in [0.1, 0.15) is 5.82 Å². The zero-order chi connectivity index (χ0) is 13.2. The van der Waals surface area contributed by atoms with Crippen molar-refractivity contribution in [2.24, 2.45) is 0 Å². The normalized spacial score (nSPS) is 11.2. The highest BCUT2D eigenvalue weighted by Gasteiger charge is 2.20. The Kier molecular flexibility index (Phi) is 3.90. The van der Waals surface area contributed by atoms with Crippen LogP contribution in [0.25, 0.3) is 0 Å². The average Bonchev–Trinajstić information content (AvgIpc) is 2.14. The molecule has 0 radical (unpaired) electrons. The lowest BCUT2D eigenvalue weighted by atomic mass is 9.79. The molecule has 0 unspecified atom stereocenters. The molecule has 1 amide bonds. The van der Waals surface area contributed by atoms with E-state index in [0.29, 0.717) is 0 Å². The SMILES string of the molecule is CC(C)(C)NC(=O)c1ccc(F)c(B(O)O)c1. The number of benzene rings is 1. The summed E-state index contributed by atoms with van der Waals surface area (Å²) in [7, 11) is -1.93. The molecule has 0 saturated carbocycles. The molecule has 92 valence electrons. The number of halogens is 1. The molecule has 0 heterocycles. The highest BCUT2D eigenvalue weighted by molar-refractivity contribution is 6.58. The Balaban J connectivity index is 3.00. The Morgan fingerprint density at radius 3 is 2.41 bits per heavy atom. The van der Waals surface area contributed by atoms with Gasteiger partial charge in [-0.2, -0.15) is 0 Å². The Hall–Kier alpha value is -1.40. The van der Waals surface area contributed by atoms with Gasteiger partial charge in [-0.25, -0.2) is 4.39 Å². The van der Waals surface area contributed by atoms with Crippen LogP contribution in [0.4, 0.5) is 4.39 Å². The molecular formula is C11H15BFNO3. The van der Waals surface area contributed by atoms with Crippen molar-refractivity contribution < 1.29 is 19.2 Å². The van der Waals surface area contributed by atoms with Gasteiger partial charge >= 0.3 is 7.12 Å². The van der Waals surface area contributed by atoms with Crippen LogP contribution in [0.3, 0.4) is 0 Å². The summed E-state index contributed by atoms with van der Waals surface area (Å²) >= 11 is 0. The highest BCUT2D eigenvalue weighted by Crippen LogP contribution is 2.05. The van der Waals surface area contributed by atoms with E-state index >= 15 is 0 Å². The van der Waals surface area contributed by atoms with Crippen molar-refractivity contribution in [1.82, 2.24) is 5.32 Å². The summed E-state index contributed by atoms with van der Waals surface area (Å²) in [6.45, 7) is 5.45. The Bertz CT molecular complexity index is 429. The van der Waals surface area contributed by atoms with E-state index < -0.39 is 18.5 Å². The number of rotatable bonds is 2. The molecule has 0 aromatic heterocycles. The first-order valence-electron chi connectivity index (χ1n) is 5.19. The lowest BCUT2D eigenvalue weighted by Crippen LogP contribution is -2.41. The molecule has 1 rings (SSSR count). The van der Waals surface area contributed by atoms with Crippen molar-refractivity contribution in [3.8, 4) is 0 Å². The molecule has 0 fully saturated rings. The Morgan fingerprint density at radius 2 is 1.94 bits per heavy atom. The lowest BCUT2D eigenvalue weighted by Gasteiger charge is -2.20. The molecular weight excluding hydrogens is 224 g/mol. The molecule has 1 aromatic carbocycles. The predicted molar refractivity (Wildman–Crippen MR) is 63.4 cm³/mol. The maximum Gasteiger partial charge on any atom is 0.491 e. The van der Waals surface area contributed by atoms with Gasteiger partial charge in [0, 0.05) is 16.6 Å². The predicted octanol–water partition coefficient (Wildman–Crippen LogP) is 0.0338. The van der Waals surface area contributed by atoms with Crippen LogP contribution in [0.1, 0.15) is 31.1 Å². The van der Waals surface area contributed by atoms with Crippen LogP contribution < -0.4 is 10.8 Å². The van der Waals surface area contributed by atoms with E-state index in [1.807, 2.05) is 20.8 Å². The first-order chi connectivity index (χ1) is 7.70. The first-order valence-corrected chi connectivity index (χ1v) is 5.19. The van der Waals surface area contributed by atoms with E-state index in [2.05, 4.69) is 5.32 Å². The minimum absolute atomic E-state index is 0.185. The monoisotopic (exact) mass is 239 g/mol. The van der Waals surface area contributed by atoms with Crippen molar-refractivity contribution >= 4 is 18.5 Å². The van der Waals surface area contributed by atoms with Crippen molar-refractivity contribution in [2.75, 3.05) is 0 Å². The van der Waals surface area contributed by atoms with Crippen LogP contribution in [0.5, 0.6) is 0 Å². The topological polar surface area (TPSA) is 69.6 Å². The van der Waals surface area contributed by atoms with E-state index in [-0.39, 0.29) is 16.9 Å². The molecule has 0 bridgehead atoms. The smallest absolute Gasteiger partial charge is 0.423 e. The summed E-state index contributed by atoms with van der Waals surface area (Å²) in [5, 5.41) is 20.6. The maximum absolute atomic E-state index is 13.2. The van der Waals surface area contributed by atoms with Crippen LogP contribution in [0.15, 0.2) is 18.2 Å². The summed E-state index contributed by atoms with van der Waals surface area (Å²) in [6, 6.07) is 3.45. The highest BCUT2D eigenvalue weighted by atomic mass is 19.1. The molecule has 4 nitrogen and oxygen atoms in total. The summed E-state index contributed by atoms with van der Waals surface area (Å²) in [5.41, 5.74) is -0.542. The molecule has 1 aromatic rings. The summed E-state index contributed by atoms with van der Waals surface area (Å²) < 4.78 is 13.2. The van der Waals surface area contributed by atoms with Gasteiger partial charge in [0.2, 0.25) is 0 Å². The van der Waals surface area contributed by atoms with Gasteiger partial charge in [-0.05, 0) is 39.0 Å². The second-order valence-electron chi connectivity index (χ2n) is 4.81. The van der Waals surface area contributed by atoms with Gasteiger partial charge in [-0.15, -0.1) is 0 Å². The van der Waals surface area contributed by atoms with E-state index in [1.54, 1.807) is 0 Å². The van der Waals surface area contributed by atoms with Crippen LogP contribution >= 0.6 is 0 Å². The molecule has 0 atom stereocenters. The minimum atomic E-state index is -1.93. The number of amides is 1. The molecule has 0 aliphatic carbocycles. The molecule has 0 aliphatic heterocycles. The molecule has 0 saturated heterocycles. The first kappa shape index (κ1) is 13.7. The fourth-order valence-electron chi connectivity index (χ4n) is 1.30. The number of hydrogen-bond donors (Lipinski definition) is 3. The summed E-state index contributed by atoms with van der Waals surface area (Å²) in [4.78, 5) is 11.7. The third-order valence-electron chi connectivity index (χ3n) is 2.02. The number of carbonyl (C=O) groups is 1. The fourth-order valence-corrected chi connectivity index (χ4v) is 1.30. The van der Waals surface area contributed by atoms with Crippen molar-refractivity contribution in [2.45, 2.75) is 26.3 Å². The van der Waals surface area contributed by atoms with Crippen molar-refractivity contribution in [1.29, 1.82) is 0 Å². The molecule has 0 aliphatic rings. The van der Waals surface area contributed by atoms with Gasteiger partial charge in [-0.3, -0.25) is 4.79 Å². The van der Waals surface area contributed by atoms with Crippen LogP contribution in [0, 0.1) is 5.82 Å². The van der Waals surface area contributed by atoms with E-state index in [4.69, 9.17) is 10.0 Å². The molecule has 3 N–H and O–H groups in total. The standard InChI is InChI=1S/C11H15BFNO3/c1-11(2,3)14-10(15)7-4-5-9(13)8(6-7)12(16)17/h4-6,16-17H,1-3H3,(H,14,15). The summed E-state index contributed by atoms with van der Waals surface area (Å²) in [5.74, 6) is -1.15. The summed E-state index contributed by atoms with van der Waals surface area (Å²) in [6.07, 6.45) is 0. The van der Waals surface area contributed by atoms with E-state index in [1.165, 1.54) is 6.07 Å². The second-order valence-corrected chi connectivity index (χ2v) is 4.81. The zero-order valence-corrected chi connectivity index (χ0v) is 9.99. The second kappa shape index (κ2) is 4.85. The van der Waals surface area contributed by atoms with Gasteiger partial charge < -0.3 is 15.4 Å². The zero-order valence-electron chi connectivity index (χ0n) is 9.99. The van der Waals surface area contributed by atoms with Crippen LogP contribution in [-0.2, 0) is 0 Å². The third kappa shape index (κ3) is 3.83. The van der Waals surface area contributed by atoms with E-state index in [0.717, 1.165) is 12.1 Å². The molecule has 6 heteroatoms. The molecule has 0 spiro atoms. The number of carbonyl (C=O) groups excluding carboxylic acids is 1. The van der Waals surface area contributed by atoms with Crippen LogP contribution in [0.2, 0.25) is 0 Å². The molecule has 17 heavy (non-hydrogen) atoms. The average molecular weight is 239 g/mol. The maximum atomic E-state index is 13.2. The van der Waals surface area contributed by atoms with Crippen LogP contribution in [-0.4, -0.2) is 28.6 Å². The fraction of sp³-hybridized carbons (Fsp3) is 0.364. The third-order valence-corrected chi connectivity index (χ3v) is 2.02. The lowest BCUT2D eigenvalue weighted by molar-refractivity contribution is 0.0919. The Morgan fingerprint density at radius 1 is 1.35 bits per heavy atom.